The van der Waals surface area contributed by atoms with E-state index in [1.54, 1.807) is 0 Å². The Morgan fingerprint density at radius 3 is 1.76 bits per heavy atom. The number of aromatic nitrogens is 2. The fourth-order valence-corrected chi connectivity index (χ4v) is 10.4. The molecule has 62 heavy (non-hydrogen) atoms. The number of H-pyrrole nitrogens is 1. The lowest BCUT2D eigenvalue weighted by Gasteiger charge is -2.33. The van der Waals surface area contributed by atoms with E-state index in [9.17, 15) is 19.2 Å². The molecule has 0 spiro atoms. The van der Waals surface area contributed by atoms with Crippen LogP contribution in [0.5, 0.6) is 0 Å². The van der Waals surface area contributed by atoms with Gasteiger partial charge in [-0.05, 0) is 89.0 Å². The van der Waals surface area contributed by atoms with Gasteiger partial charge in [0.2, 0.25) is 11.8 Å². The number of halogens is 2. The summed E-state index contributed by atoms with van der Waals surface area (Å²) < 4.78 is 9.62. The van der Waals surface area contributed by atoms with Crippen molar-refractivity contribution < 1.29 is 28.7 Å². The van der Waals surface area contributed by atoms with Gasteiger partial charge < -0.3 is 34.9 Å². The van der Waals surface area contributed by atoms with Crippen LogP contribution in [-0.4, -0.2) is 93.9 Å². The number of aliphatic imine (C=N–C) groups is 1. The Morgan fingerprint density at radius 1 is 0.694 bits per heavy atom. The van der Waals surface area contributed by atoms with Gasteiger partial charge in [0.25, 0.3) is 0 Å². The van der Waals surface area contributed by atoms with Crippen molar-refractivity contribution in [2.45, 2.75) is 96.1 Å². The van der Waals surface area contributed by atoms with Gasteiger partial charge >= 0.3 is 12.2 Å². The van der Waals surface area contributed by atoms with Crippen molar-refractivity contribution in [1.29, 1.82) is 0 Å². The van der Waals surface area contributed by atoms with Crippen LogP contribution >= 0.6 is 23.2 Å². The van der Waals surface area contributed by atoms with Crippen molar-refractivity contribution in [2.24, 2.45) is 28.7 Å². The number of carbonyl (C=O) groups is 4. The SMILES string of the molecule is COC(=O)N[C@H](C(=O)N1[C@@H]2C[C@@H]2C[C@H]1C1=NC(Cl)=C(c2ccc(-c3ccc4cc(-c5nc([C@@H]6C[C@H]7C[C@H]7N6C(=O)[C@@H](NC(=O)OC)C(C)C)[nH]c5Cl)ccc4c3)cc2)C1)C(C)C. The Kier molecular flexibility index (Phi) is 11.1. The second kappa shape index (κ2) is 16.4. The molecule has 1 aromatic heterocycles. The highest BCUT2D eigenvalue weighted by atomic mass is 35.5. The molecule has 2 saturated heterocycles. The maximum Gasteiger partial charge on any atom is 0.407 e. The van der Waals surface area contributed by atoms with E-state index >= 15 is 0 Å². The fraction of sp³-hybridized carbons (Fsp3) is 0.447. The monoisotopic (exact) mass is 879 g/mol. The fourth-order valence-electron chi connectivity index (χ4n) is 9.86. The summed E-state index contributed by atoms with van der Waals surface area (Å²) in [5.74, 6) is 0.982. The smallest absolute Gasteiger partial charge is 0.407 e. The van der Waals surface area contributed by atoms with Gasteiger partial charge in [-0.3, -0.25) is 9.59 Å². The number of hydrogen-bond donors (Lipinski definition) is 3. The summed E-state index contributed by atoms with van der Waals surface area (Å²) in [4.78, 5) is 68.9. The second-order valence-corrected chi connectivity index (χ2v) is 18.8. The number of nitrogens with zero attached hydrogens (tertiary/aromatic N) is 4. The third-order valence-electron chi connectivity index (χ3n) is 13.4. The van der Waals surface area contributed by atoms with E-state index in [1.165, 1.54) is 14.2 Å². The lowest BCUT2D eigenvalue weighted by Crippen LogP contribution is -2.54. The molecule has 13 nitrogen and oxygen atoms in total. The number of benzene rings is 3. The number of hydrogen-bond acceptors (Lipinski definition) is 8. The molecule has 3 aromatic carbocycles. The predicted octanol–water partition coefficient (Wildman–Crippen LogP) is 8.71. The lowest BCUT2D eigenvalue weighted by atomic mass is 9.94. The standard InChI is InChI=1S/C47H51Cl2N7O6/c1-22(2)38(52-46(59)61-5)44(57)55-34-17-30(34)19-36(55)33-21-32(41(48)50-33)25-9-7-24(8-10-25)26-11-12-28-16-29(14-13-27(28)15-26)40-42(49)54-43(51-40)37-20-31-18-35(31)56(37)45(58)39(23(3)4)53-47(60)62-6/h7-16,22-23,30-31,34-39H,17-21H2,1-6H3,(H,51,54)(H,52,59)(H,53,60)/t30-,31-,34-,35-,36+,37+,38+,39+/m1/s1. The molecule has 5 aliphatic rings. The van der Waals surface area contributed by atoms with E-state index < -0.39 is 24.3 Å². The Labute approximate surface area is 370 Å². The number of ether oxygens (including phenoxy) is 2. The first-order valence-electron chi connectivity index (χ1n) is 21.4. The zero-order valence-electron chi connectivity index (χ0n) is 35.6. The number of fused-ring (bicyclic) bond motifs is 3. The number of alkyl carbamates (subject to hydrolysis) is 2. The number of carbonyl (C=O) groups excluding carboxylic acids is 4. The molecule has 0 radical (unpaired) electrons. The number of likely N-dealkylation sites (tertiary alicyclic amines) is 2. The molecule has 9 rings (SSSR count). The highest BCUT2D eigenvalue weighted by Gasteiger charge is 2.58. The first-order valence-corrected chi connectivity index (χ1v) is 22.2. The third kappa shape index (κ3) is 7.71. The molecule has 324 valence electrons. The van der Waals surface area contributed by atoms with Crippen LogP contribution in [0.25, 0.3) is 38.7 Å². The van der Waals surface area contributed by atoms with Gasteiger partial charge in [-0.25, -0.2) is 19.6 Å². The Morgan fingerprint density at radius 2 is 1.19 bits per heavy atom. The molecule has 2 aliphatic carbocycles. The van der Waals surface area contributed by atoms with E-state index in [-0.39, 0.29) is 47.8 Å². The summed E-state index contributed by atoms with van der Waals surface area (Å²) in [6, 6.07) is 19.2. The zero-order valence-corrected chi connectivity index (χ0v) is 37.1. The molecule has 0 unspecified atom stereocenters. The number of piperidine rings is 2. The number of nitrogens with one attached hydrogen (secondary N) is 3. The van der Waals surface area contributed by atoms with Crippen molar-refractivity contribution in [2.75, 3.05) is 14.2 Å². The van der Waals surface area contributed by atoms with Gasteiger partial charge in [0.15, 0.2) is 0 Å². The topological polar surface area (TPSA) is 158 Å². The molecular weight excluding hydrogens is 829 g/mol. The van der Waals surface area contributed by atoms with Gasteiger partial charge in [-0.1, -0.05) is 99.4 Å². The number of methoxy groups -OCH3 is 2. The number of aromatic amines is 1. The summed E-state index contributed by atoms with van der Waals surface area (Å²) in [6.45, 7) is 7.64. The zero-order chi connectivity index (χ0) is 43.7. The lowest BCUT2D eigenvalue weighted by molar-refractivity contribution is -0.137. The first-order chi connectivity index (χ1) is 29.7. The molecule has 4 aromatic rings. The minimum Gasteiger partial charge on any atom is -0.453 e. The number of rotatable bonds is 11. The van der Waals surface area contributed by atoms with E-state index in [0.717, 1.165) is 70.0 Å². The molecule has 15 heteroatoms. The van der Waals surface area contributed by atoms with Crippen LogP contribution < -0.4 is 10.6 Å². The van der Waals surface area contributed by atoms with Crippen molar-refractivity contribution in [3.05, 3.63) is 82.4 Å². The highest BCUT2D eigenvalue weighted by Crippen LogP contribution is 2.54. The average Bonchev–Trinajstić information content (AvgIpc) is 3.97. The maximum absolute atomic E-state index is 13.9. The van der Waals surface area contributed by atoms with Crippen molar-refractivity contribution >= 4 is 69.3 Å². The Balaban J connectivity index is 0.881. The highest BCUT2D eigenvalue weighted by molar-refractivity contribution is 6.35. The van der Waals surface area contributed by atoms with Crippen molar-refractivity contribution in [3.8, 4) is 22.4 Å². The average molecular weight is 881 g/mol. The number of imidazole rings is 1. The van der Waals surface area contributed by atoms with Crippen LogP contribution in [-0.2, 0) is 19.1 Å². The second-order valence-electron chi connectivity index (χ2n) is 18.0. The molecule has 4 amide bonds. The van der Waals surface area contributed by atoms with Crippen molar-refractivity contribution in [1.82, 2.24) is 30.4 Å². The van der Waals surface area contributed by atoms with Gasteiger partial charge in [-0.15, -0.1) is 0 Å². The molecule has 8 atom stereocenters. The summed E-state index contributed by atoms with van der Waals surface area (Å²) in [7, 11) is 2.59. The molecule has 2 saturated carbocycles. The van der Waals surface area contributed by atoms with Crippen LogP contribution in [0.3, 0.4) is 0 Å². The molecule has 4 heterocycles. The minimum atomic E-state index is -0.717. The van der Waals surface area contributed by atoms with Crippen LogP contribution in [0, 0.1) is 23.7 Å². The quantitative estimate of drug-likeness (QED) is 0.127. The molecular formula is C47H51Cl2N7O6. The molecule has 4 fully saturated rings. The van der Waals surface area contributed by atoms with Crippen LogP contribution in [0.1, 0.15) is 77.2 Å². The third-order valence-corrected chi connectivity index (χ3v) is 14.0. The maximum atomic E-state index is 13.9. The normalized spacial score (nSPS) is 24.5. The van der Waals surface area contributed by atoms with Crippen LogP contribution in [0.15, 0.2) is 70.8 Å². The van der Waals surface area contributed by atoms with Crippen molar-refractivity contribution in [3.63, 3.8) is 0 Å². The number of allylic oxidation sites excluding steroid dienone is 1. The molecule has 3 aliphatic heterocycles. The Hall–Kier alpha value is -5.40. The van der Waals surface area contributed by atoms with E-state index in [0.29, 0.717) is 40.1 Å². The van der Waals surface area contributed by atoms with Crippen LogP contribution in [0.4, 0.5) is 9.59 Å². The summed E-state index contributed by atoms with van der Waals surface area (Å²) in [5, 5.41) is 8.41. The largest absolute Gasteiger partial charge is 0.453 e. The van der Waals surface area contributed by atoms with Gasteiger partial charge in [0.05, 0.1) is 26.3 Å². The summed E-state index contributed by atoms with van der Waals surface area (Å²) in [6.07, 6.45) is 2.83. The van der Waals surface area contributed by atoms with Gasteiger partial charge in [0.1, 0.15) is 33.9 Å². The molecule has 0 bridgehead atoms. The molecule has 3 N–H and O–H groups in total. The van der Waals surface area contributed by atoms with Crippen LogP contribution in [0.2, 0.25) is 5.15 Å². The summed E-state index contributed by atoms with van der Waals surface area (Å²) >= 11 is 13.6. The Bertz CT molecular complexity index is 2530. The van der Waals surface area contributed by atoms with E-state index in [2.05, 4.69) is 70.2 Å². The predicted molar refractivity (Wildman–Crippen MR) is 238 cm³/mol. The number of amides is 4. The first kappa shape index (κ1) is 41.9. The minimum absolute atomic E-state index is 0.104. The summed E-state index contributed by atoms with van der Waals surface area (Å²) in [5.41, 5.74) is 6.39. The van der Waals surface area contributed by atoms with Gasteiger partial charge in [0, 0.05) is 35.4 Å². The van der Waals surface area contributed by atoms with E-state index in [4.69, 9.17) is 42.7 Å². The van der Waals surface area contributed by atoms with Gasteiger partial charge in [-0.2, -0.15) is 0 Å². The van der Waals surface area contributed by atoms with E-state index in [1.807, 2.05) is 43.6 Å².